The van der Waals surface area contributed by atoms with Gasteiger partial charge in [-0.1, -0.05) is 0 Å². The van der Waals surface area contributed by atoms with Gasteiger partial charge in [-0.05, 0) is 31.6 Å². The van der Waals surface area contributed by atoms with Crippen molar-refractivity contribution < 1.29 is 14.2 Å². The van der Waals surface area contributed by atoms with E-state index in [2.05, 4.69) is 4.90 Å². The van der Waals surface area contributed by atoms with Crippen LogP contribution in [0.2, 0.25) is 0 Å². The van der Waals surface area contributed by atoms with Crippen LogP contribution in [0, 0.1) is 5.92 Å². The fourth-order valence-electron chi connectivity index (χ4n) is 3.20. The fourth-order valence-corrected chi connectivity index (χ4v) is 3.20. The van der Waals surface area contributed by atoms with E-state index in [1.165, 1.54) is 19.3 Å². The molecule has 0 amide bonds. The van der Waals surface area contributed by atoms with Gasteiger partial charge in [0.25, 0.3) is 0 Å². The third-order valence-electron chi connectivity index (χ3n) is 4.48. The number of rotatable bonds is 6. The summed E-state index contributed by atoms with van der Waals surface area (Å²) < 4.78 is 17.4. The van der Waals surface area contributed by atoms with Crippen molar-refractivity contribution in [1.29, 1.82) is 0 Å². The molecule has 0 aromatic carbocycles. The van der Waals surface area contributed by atoms with Gasteiger partial charge in [-0.2, -0.15) is 0 Å². The standard InChI is InChI=1S/C14H25NO3/c1-16-8-6-15-7-9-17-13-5-4-12(15)14(13)18-10-11-2-3-11/h11-14H,2-10H2,1H3/t12-,13-,14+/m0/s1. The van der Waals surface area contributed by atoms with Crippen LogP contribution in [0.3, 0.4) is 0 Å². The molecule has 0 N–H and O–H groups in total. The summed E-state index contributed by atoms with van der Waals surface area (Å²) in [5, 5.41) is 0. The van der Waals surface area contributed by atoms with Crippen molar-refractivity contribution in [2.45, 2.75) is 43.9 Å². The number of nitrogens with zero attached hydrogens (tertiary/aromatic N) is 1. The van der Waals surface area contributed by atoms with Gasteiger partial charge in [-0.15, -0.1) is 0 Å². The van der Waals surface area contributed by atoms with Crippen molar-refractivity contribution in [2.75, 3.05) is 40.0 Å². The molecule has 104 valence electrons. The highest BCUT2D eigenvalue weighted by Gasteiger charge is 2.43. The number of hydrogen-bond acceptors (Lipinski definition) is 4. The average Bonchev–Trinajstić information content (AvgIpc) is 3.11. The molecule has 4 nitrogen and oxygen atoms in total. The minimum atomic E-state index is 0.296. The minimum absolute atomic E-state index is 0.296. The summed E-state index contributed by atoms with van der Waals surface area (Å²) in [5.74, 6) is 0.833. The van der Waals surface area contributed by atoms with Crippen LogP contribution in [-0.2, 0) is 14.2 Å². The maximum absolute atomic E-state index is 6.18. The van der Waals surface area contributed by atoms with E-state index in [1.54, 1.807) is 7.11 Å². The molecule has 2 aliphatic carbocycles. The summed E-state index contributed by atoms with van der Waals surface area (Å²) in [4.78, 5) is 2.51. The zero-order chi connectivity index (χ0) is 12.4. The molecular formula is C14H25NO3. The molecule has 1 heterocycles. The first-order valence-electron chi connectivity index (χ1n) is 7.34. The van der Waals surface area contributed by atoms with Crippen LogP contribution >= 0.6 is 0 Å². The average molecular weight is 255 g/mol. The van der Waals surface area contributed by atoms with Crippen molar-refractivity contribution in [2.24, 2.45) is 5.92 Å². The molecule has 3 aliphatic rings. The lowest BCUT2D eigenvalue weighted by molar-refractivity contribution is -0.0574. The third kappa shape index (κ3) is 2.87. The minimum Gasteiger partial charge on any atom is -0.383 e. The van der Waals surface area contributed by atoms with Crippen LogP contribution in [0.4, 0.5) is 0 Å². The molecule has 0 unspecified atom stereocenters. The Morgan fingerprint density at radius 2 is 2.11 bits per heavy atom. The van der Waals surface area contributed by atoms with Crippen molar-refractivity contribution in [3.63, 3.8) is 0 Å². The predicted molar refractivity (Wildman–Crippen MR) is 68.7 cm³/mol. The van der Waals surface area contributed by atoms with Gasteiger partial charge in [0.1, 0.15) is 0 Å². The summed E-state index contributed by atoms with van der Waals surface area (Å²) in [6.45, 7) is 4.61. The highest BCUT2D eigenvalue weighted by molar-refractivity contribution is 4.95. The summed E-state index contributed by atoms with van der Waals surface area (Å²) in [6, 6.07) is 0.548. The van der Waals surface area contributed by atoms with Crippen LogP contribution in [-0.4, -0.2) is 63.2 Å². The van der Waals surface area contributed by atoms with E-state index in [0.717, 1.165) is 45.2 Å². The lowest BCUT2D eigenvalue weighted by Crippen LogP contribution is -2.44. The number of fused-ring (bicyclic) bond motifs is 2. The molecule has 0 radical (unpaired) electrons. The van der Waals surface area contributed by atoms with Crippen molar-refractivity contribution in [3.05, 3.63) is 0 Å². The Morgan fingerprint density at radius 3 is 2.89 bits per heavy atom. The van der Waals surface area contributed by atoms with E-state index in [-0.39, 0.29) is 0 Å². The first-order valence-corrected chi connectivity index (χ1v) is 7.34. The molecule has 3 rings (SSSR count). The Labute approximate surface area is 110 Å². The summed E-state index contributed by atoms with van der Waals surface area (Å²) in [5.41, 5.74) is 0. The van der Waals surface area contributed by atoms with Crippen LogP contribution in [0.15, 0.2) is 0 Å². The number of methoxy groups -OCH3 is 1. The molecule has 2 saturated carbocycles. The van der Waals surface area contributed by atoms with Gasteiger partial charge in [-0.25, -0.2) is 0 Å². The van der Waals surface area contributed by atoms with Crippen molar-refractivity contribution in [1.82, 2.24) is 4.90 Å². The molecule has 1 saturated heterocycles. The molecule has 0 aromatic heterocycles. The van der Waals surface area contributed by atoms with E-state index in [9.17, 15) is 0 Å². The largest absolute Gasteiger partial charge is 0.383 e. The first kappa shape index (κ1) is 12.9. The van der Waals surface area contributed by atoms with Crippen molar-refractivity contribution in [3.8, 4) is 0 Å². The Bertz CT molecular complexity index is 270. The second-order valence-electron chi connectivity index (χ2n) is 5.82. The van der Waals surface area contributed by atoms with Gasteiger partial charge in [0.15, 0.2) is 0 Å². The van der Waals surface area contributed by atoms with Gasteiger partial charge < -0.3 is 14.2 Å². The van der Waals surface area contributed by atoms with Gasteiger partial charge in [0, 0.05) is 32.8 Å². The van der Waals surface area contributed by atoms with Crippen LogP contribution < -0.4 is 0 Å². The first-order chi connectivity index (χ1) is 8.88. The molecule has 1 aliphatic heterocycles. The highest BCUT2D eigenvalue weighted by atomic mass is 16.5. The molecular weight excluding hydrogens is 230 g/mol. The predicted octanol–water partition coefficient (Wildman–Crippen LogP) is 1.29. The van der Waals surface area contributed by atoms with Gasteiger partial charge >= 0.3 is 0 Å². The normalized spacial score (nSPS) is 36.8. The van der Waals surface area contributed by atoms with E-state index < -0.39 is 0 Å². The van der Waals surface area contributed by atoms with Crippen LogP contribution in [0.5, 0.6) is 0 Å². The Hall–Kier alpha value is -0.160. The Balaban J connectivity index is 1.59. The maximum atomic E-state index is 6.18. The number of ether oxygens (including phenoxy) is 3. The molecule has 3 atom stereocenters. The lowest BCUT2D eigenvalue weighted by atomic mass is 10.1. The Kier molecular flexibility index (Phi) is 4.19. The molecule has 0 aromatic rings. The van der Waals surface area contributed by atoms with E-state index in [4.69, 9.17) is 14.2 Å². The lowest BCUT2D eigenvalue weighted by Gasteiger charge is -2.30. The zero-order valence-corrected chi connectivity index (χ0v) is 11.3. The van der Waals surface area contributed by atoms with Gasteiger partial charge in [0.05, 0.1) is 25.4 Å². The summed E-state index contributed by atoms with van der Waals surface area (Å²) in [7, 11) is 1.77. The molecule has 2 bridgehead atoms. The maximum Gasteiger partial charge on any atom is 0.0991 e. The smallest absolute Gasteiger partial charge is 0.0991 e. The molecule has 18 heavy (non-hydrogen) atoms. The van der Waals surface area contributed by atoms with Crippen LogP contribution in [0.25, 0.3) is 0 Å². The monoisotopic (exact) mass is 255 g/mol. The second kappa shape index (κ2) is 5.87. The van der Waals surface area contributed by atoms with E-state index in [0.29, 0.717) is 18.2 Å². The molecule has 4 heteroatoms. The van der Waals surface area contributed by atoms with Gasteiger partial charge in [0.2, 0.25) is 0 Å². The topological polar surface area (TPSA) is 30.9 Å². The van der Waals surface area contributed by atoms with E-state index in [1.807, 2.05) is 0 Å². The summed E-state index contributed by atoms with van der Waals surface area (Å²) in [6.07, 6.45) is 5.71. The van der Waals surface area contributed by atoms with Crippen molar-refractivity contribution >= 4 is 0 Å². The SMILES string of the molecule is COCCN1CCO[C@H]2CC[C@H]1[C@H]2OCC1CC1. The second-order valence-corrected chi connectivity index (χ2v) is 5.82. The molecule has 3 fully saturated rings. The quantitative estimate of drug-likeness (QED) is 0.715. The molecule has 0 spiro atoms. The van der Waals surface area contributed by atoms with Crippen LogP contribution in [0.1, 0.15) is 25.7 Å². The fraction of sp³-hybridized carbons (Fsp3) is 1.00. The van der Waals surface area contributed by atoms with E-state index >= 15 is 0 Å². The zero-order valence-electron chi connectivity index (χ0n) is 11.3. The number of hydrogen-bond donors (Lipinski definition) is 0. The third-order valence-corrected chi connectivity index (χ3v) is 4.48. The summed E-state index contributed by atoms with van der Waals surface area (Å²) >= 11 is 0. The Morgan fingerprint density at radius 1 is 1.22 bits per heavy atom. The van der Waals surface area contributed by atoms with Gasteiger partial charge in [-0.3, -0.25) is 4.90 Å². The highest BCUT2D eigenvalue weighted by Crippen LogP contribution is 2.35.